The molecule has 0 radical (unpaired) electrons. The van der Waals surface area contributed by atoms with E-state index in [9.17, 15) is 4.79 Å². The van der Waals surface area contributed by atoms with E-state index in [0.29, 0.717) is 11.6 Å². The lowest BCUT2D eigenvalue weighted by Crippen LogP contribution is -2.23. The molecule has 1 amide bonds. The van der Waals surface area contributed by atoms with Crippen LogP contribution in [-0.2, 0) is 11.3 Å². The summed E-state index contributed by atoms with van der Waals surface area (Å²) in [6.45, 7) is 0.295. The van der Waals surface area contributed by atoms with E-state index in [0.717, 1.165) is 10.9 Å². The van der Waals surface area contributed by atoms with Gasteiger partial charge in [0.05, 0.1) is 10.5 Å². The molecule has 2 aromatic rings. The van der Waals surface area contributed by atoms with Crippen molar-refractivity contribution in [1.82, 2.24) is 9.88 Å². The summed E-state index contributed by atoms with van der Waals surface area (Å²) >= 11 is 6.08. The number of hydrogen-bond acceptors (Lipinski definition) is 1. The minimum Gasteiger partial charge on any atom is -0.358 e. The number of aromatic nitrogens is 1. The van der Waals surface area contributed by atoms with Crippen LogP contribution in [0.5, 0.6) is 0 Å². The fraction of sp³-hybridized carbons (Fsp3) is 0.182. The van der Waals surface area contributed by atoms with E-state index < -0.39 is 0 Å². The number of rotatable bonds is 2. The van der Waals surface area contributed by atoms with Gasteiger partial charge >= 0.3 is 0 Å². The van der Waals surface area contributed by atoms with Crippen LogP contribution >= 0.6 is 11.6 Å². The summed E-state index contributed by atoms with van der Waals surface area (Å²) < 4.78 is 1.84. The average Bonchev–Trinajstić information content (AvgIpc) is 2.63. The van der Waals surface area contributed by atoms with Crippen LogP contribution in [0.4, 0.5) is 0 Å². The molecular weight excluding hydrogens is 212 g/mol. The van der Waals surface area contributed by atoms with Gasteiger partial charge < -0.3 is 9.88 Å². The number of carbonyl (C=O) groups is 1. The lowest BCUT2D eigenvalue weighted by Gasteiger charge is -2.05. The molecule has 0 spiro atoms. The summed E-state index contributed by atoms with van der Waals surface area (Å²) in [5, 5.41) is 4.30. The van der Waals surface area contributed by atoms with E-state index in [4.69, 9.17) is 11.6 Å². The third kappa shape index (κ3) is 1.83. The van der Waals surface area contributed by atoms with Crippen molar-refractivity contribution in [1.29, 1.82) is 0 Å². The Morgan fingerprint density at radius 2 is 2.27 bits per heavy atom. The van der Waals surface area contributed by atoms with Crippen LogP contribution in [0.25, 0.3) is 10.9 Å². The number of benzene rings is 1. The number of hydrogen-bond donors (Lipinski definition) is 1. The lowest BCUT2D eigenvalue weighted by atomic mass is 10.2. The SMILES string of the molecule is CNC(=O)Cn1ccc2cccc(Cl)c21. The minimum absolute atomic E-state index is 0.0348. The highest BCUT2D eigenvalue weighted by Gasteiger charge is 2.07. The van der Waals surface area contributed by atoms with E-state index in [2.05, 4.69) is 5.32 Å². The molecule has 0 aliphatic rings. The van der Waals surface area contributed by atoms with Gasteiger partial charge in [0.1, 0.15) is 6.54 Å². The van der Waals surface area contributed by atoms with E-state index in [1.54, 1.807) is 7.05 Å². The standard InChI is InChI=1S/C11H11ClN2O/c1-13-10(15)7-14-6-5-8-3-2-4-9(12)11(8)14/h2-6H,7H2,1H3,(H,13,15). The fourth-order valence-electron chi connectivity index (χ4n) is 1.58. The maximum Gasteiger partial charge on any atom is 0.239 e. The van der Waals surface area contributed by atoms with Crippen molar-refractivity contribution in [3.05, 3.63) is 35.5 Å². The Labute approximate surface area is 92.6 Å². The Balaban J connectivity index is 2.48. The summed E-state index contributed by atoms with van der Waals surface area (Å²) in [4.78, 5) is 11.3. The quantitative estimate of drug-likeness (QED) is 0.829. The molecule has 0 aliphatic heterocycles. The average molecular weight is 223 g/mol. The van der Waals surface area contributed by atoms with Crippen LogP contribution in [0.15, 0.2) is 30.5 Å². The predicted molar refractivity (Wildman–Crippen MR) is 61.0 cm³/mol. The van der Waals surface area contributed by atoms with Crippen LogP contribution in [-0.4, -0.2) is 17.5 Å². The second kappa shape index (κ2) is 3.95. The van der Waals surface area contributed by atoms with Gasteiger partial charge in [0.25, 0.3) is 0 Å². The molecule has 0 atom stereocenters. The molecule has 78 valence electrons. The van der Waals surface area contributed by atoms with Crippen LogP contribution in [0.2, 0.25) is 5.02 Å². The van der Waals surface area contributed by atoms with Crippen LogP contribution in [0.3, 0.4) is 0 Å². The van der Waals surface area contributed by atoms with Crippen molar-refractivity contribution < 1.29 is 4.79 Å². The third-order valence-corrected chi connectivity index (χ3v) is 2.64. The molecule has 1 N–H and O–H groups in total. The highest BCUT2D eigenvalue weighted by atomic mass is 35.5. The van der Waals surface area contributed by atoms with Crippen molar-refractivity contribution in [3.63, 3.8) is 0 Å². The van der Waals surface area contributed by atoms with Crippen molar-refractivity contribution in [2.75, 3.05) is 7.05 Å². The van der Waals surface area contributed by atoms with Gasteiger partial charge in [-0.3, -0.25) is 4.79 Å². The minimum atomic E-state index is -0.0348. The molecule has 1 aromatic carbocycles. The van der Waals surface area contributed by atoms with Crippen molar-refractivity contribution in [3.8, 4) is 0 Å². The summed E-state index contributed by atoms with van der Waals surface area (Å²) in [6, 6.07) is 7.64. The van der Waals surface area contributed by atoms with Gasteiger partial charge in [-0.2, -0.15) is 0 Å². The van der Waals surface area contributed by atoms with Crippen molar-refractivity contribution in [2.24, 2.45) is 0 Å². The predicted octanol–water partition coefficient (Wildman–Crippen LogP) is 2.04. The maximum atomic E-state index is 11.3. The lowest BCUT2D eigenvalue weighted by molar-refractivity contribution is -0.121. The Morgan fingerprint density at radius 1 is 1.47 bits per heavy atom. The third-order valence-electron chi connectivity index (χ3n) is 2.33. The van der Waals surface area contributed by atoms with Crippen LogP contribution < -0.4 is 5.32 Å². The molecular formula is C11H11ClN2O. The topological polar surface area (TPSA) is 34.0 Å². The molecule has 0 saturated heterocycles. The first-order valence-electron chi connectivity index (χ1n) is 4.66. The Hall–Kier alpha value is -1.48. The molecule has 15 heavy (non-hydrogen) atoms. The van der Waals surface area contributed by atoms with Gasteiger partial charge in [-0.1, -0.05) is 23.7 Å². The first-order chi connectivity index (χ1) is 7.22. The van der Waals surface area contributed by atoms with Gasteiger partial charge in [0.2, 0.25) is 5.91 Å². The maximum absolute atomic E-state index is 11.3. The number of amides is 1. The highest BCUT2D eigenvalue weighted by Crippen LogP contribution is 2.24. The highest BCUT2D eigenvalue weighted by molar-refractivity contribution is 6.35. The van der Waals surface area contributed by atoms with Crippen LogP contribution in [0.1, 0.15) is 0 Å². The molecule has 0 saturated carbocycles. The molecule has 4 heteroatoms. The number of nitrogens with zero attached hydrogens (tertiary/aromatic N) is 1. The number of halogens is 1. The second-order valence-corrected chi connectivity index (χ2v) is 3.70. The van der Waals surface area contributed by atoms with Gasteiger partial charge in [-0.15, -0.1) is 0 Å². The fourth-order valence-corrected chi connectivity index (χ4v) is 1.87. The van der Waals surface area contributed by atoms with Gasteiger partial charge in [-0.05, 0) is 12.1 Å². The number of fused-ring (bicyclic) bond motifs is 1. The summed E-state index contributed by atoms with van der Waals surface area (Å²) in [7, 11) is 1.62. The van der Waals surface area contributed by atoms with E-state index >= 15 is 0 Å². The van der Waals surface area contributed by atoms with E-state index in [-0.39, 0.29) is 5.91 Å². The first kappa shape index (κ1) is 10.1. The molecule has 0 aliphatic carbocycles. The van der Waals surface area contributed by atoms with Crippen LogP contribution in [0, 0.1) is 0 Å². The Kier molecular flexibility index (Phi) is 2.64. The van der Waals surface area contributed by atoms with Crippen molar-refractivity contribution >= 4 is 28.4 Å². The zero-order chi connectivity index (χ0) is 10.8. The first-order valence-corrected chi connectivity index (χ1v) is 5.04. The number of likely N-dealkylation sites (N-methyl/N-ethyl adjacent to an activating group) is 1. The Bertz CT molecular complexity index is 504. The molecule has 1 aromatic heterocycles. The second-order valence-electron chi connectivity index (χ2n) is 3.29. The summed E-state index contributed by atoms with van der Waals surface area (Å²) in [5.74, 6) is -0.0348. The zero-order valence-corrected chi connectivity index (χ0v) is 9.08. The van der Waals surface area contributed by atoms with Gasteiger partial charge in [0, 0.05) is 18.6 Å². The number of nitrogens with one attached hydrogen (secondary N) is 1. The molecule has 2 rings (SSSR count). The number of para-hydroxylation sites is 1. The Morgan fingerprint density at radius 3 is 3.00 bits per heavy atom. The molecule has 0 unspecified atom stereocenters. The monoisotopic (exact) mass is 222 g/mol. The summed E-state index contributed by atoms with van der Waals surface area (Å²) in [5.41, 5.74) is 0.905. The number of carbonyl (C=O) groups excluding carboxylic acids is 1. The van der Waals surface area contributed by atoms with Gasteiger partial charge in [0.15, 0.2) is 0 Å². The van der Waals surface area contributed by atoms with E-state index in [1.807, 2.05) is 35.0 Å². The normalized spacial score (nSPS) is 10.5. The largest absolute Gasteiger partial charge is 0.358 e. The smallest absolute Gasteiger partial charge is 0.239 e. The van der Waals surface area contributed by atoms with Crippen molar-refractivity contribution in [2.45, 2.75) is 6.54 Å². The molecule has 0 bridgehead atoms. The molecule has 3 nitrogen and oxygen atoms in total. The molecule has 1 heterocycles. The zero-order valence-electron chi connectivity index (χ0n) is 8.33. The van der Waals surface area contributed by atoms with E-state index in [1.165, 1.54) is 0 Å². The molecule has 0 fully saturated rings. The van der Waals surface area contributed by atoms with Gasteiger partial charge in [-0.25, -0.2) is 0 Å². The summed E-state index contributed by atoms with van der Waals surface area (Å²) in [6.07, 6.45) is 1.87.